The number of carboxylic acids is 1. The van der Waals surface area contributed by atoms with Crippen molar-refractivity contribution >= 4 is 16.0 Å². The van der Waals surface area contributed by atoms with Crippen molar-refractivity contribution in [2.75, 3.05) is 13.2 Å². The lowest BCUT2D eigenvalue weighted by Gasteiger charge is -2.16. The third kappa shape index (κ3) is 3.61. The van der Waals surface area contributed by atoms with Gasteiger partial charge in [-0.1, -0.05) is 26.0 Å². The highest BCUT2D eigenvalue weighted by atomic mass is 32.2. The topological polar surface area (TPSA) is 92.7 Å². The molecule has 1 aliphatic heterocycles. The summed E-state index contributed by atoms with van der Waals surface area (Å²) in [5.74, 6) is -1.60. The van der Waals surface area contributed by atoms with Crippen molar-refractivity contribution < 1.29 is 23.1 Å². The number of carbonyl (C=O) groups is 1. The molecule has 2 atom stereocenters. The predicted octanol–water partition coefficient (Wildman–Crippen LogP) is 1.19. The van der Waals surface area contributed by atoms with Crippen LogP contribution in [0.15, 0.2) is 29.2 Å². The molecule has 1 aromatic rings. The Morgan fingerprint density at radius 2 is 1.90 bits per heavy atom. The van der Waals surface area contributed by atoms with Crippen LogP contribution in [0.3, 0.4) is 0 Å². The first kappa shape index (κ1) is 15.9. The van der Waals surface area contributed by atoms with Gasteiger partial charge in [0.2, 0.25) is 10.0 Å². The van der Waals surface area contributed by atoms with Crippen molar-refractivity contribution in [2.24, 2.45) is 5.92 Å². The highest BCUT2D eigenvalue weighted by Crippen LogP contribution is 2.20. The summed E-state index contributed by atoms with van der Waals surface area (Å²) in [5.41, 5.74) is 1.04. The van der Waals surface area contributed by atoms with Crippen LogP contribution in [-0.2, 0) is 19.6 Å². The maximum absolute atomic E-state index is 12.3. The molecule has 0 bridgehead atoms. The maximum Gasteiger partial charge on any atom is 0.310 e. The summed E-state index contributed by atoms with van der Waals surface area (Å²) in [6, 6.07) is 5.85. The number of hydrogen-bond acceptors (Lipinski definition) is 4. The van der Waals surface area contributed by atoms with Gasteiger partial charge in [0.1, 0.15) is 0 Å². The molecule has 2 rings (SSSR count). The largest absolute Gasteiger partial charge is 0.481 e. The Hall–Kier alpha value is -1.44. The molecular weight excluding hydrogens is 294 g/mol. The van der Waals surface area contributed by atoms with Gasteiger partial charge in [-0.05, 0) is 23.6 Å². The van der Waals surface area contributed by atoms with E-state index in [0.29, 0.717) is 5.92 Å². The van der Waals surface area contributed by atoms with Crippen LogP contribution < -0.4 is 4.72 Å². The Morgan fingerprint density at radius 3 is 2.43 bits per heavy atom. The van der Waals surface area contributed by atoms with Crippen LogP contribution in [0.25, 0.3) is 0 Å². The molecule has 0 amide bonds. The molecular formula is C14H19NO5S. The number of aliphatic carboxylic acids is 1. The maximum atomic E-state index is 12.3. The van der Waals surface area contributed by atoms with Gasteiger partial charge >= 0.3 is 5.97 Å². The molecule has 2 N–H and O–H groups in total. The normalized spacial score (nSPS) is 22.6. The van der Waals surface area contributed by atoms with Gasteiger partial charge in [0.05, 0.1) is 30.1 Å². The fourth-order valence-corrected chi connectivity index (χ4v) is 3.47. The zero-order valence-corrected chi connectivity index (χ0v) is 12.8. The summed E-state index contributed by atoms with van der Waals surface area (Å²) in [6.07, 6.45) is 0. The van der Waals surface area contributed by atoms with E-state index in [1.165, 1.54) is 12.1 Å². The summed E-state index contributed by atoms with van der Waals surface area (Å²) in [4.78, 5) is 11.2. The van der Waals surface area contributed by atoms with Crippen molar-refractivity contribution in [1.29, 1.82) is 0 Å². The van der Waals surface area contributed by atoms with Crippen LogP contribution in [0, 0.1) is 5.92 Å². The molecule has 0 aromatic heterocycles. The summed E-state index contributed by atoms with van der Waals surface area (Å²) < 4.78 is 32.0. The van der Waals surface area contributed by atoms with Crippen molar-refractivity contribution in [3.8, 4) is 0 Å². The van der Waals surface area contributed by atoms with E-state index in [2.05, 4.69) is 4.72 Å². The average molecular weight is 313 g/mol. The molecule has 1 aliphatic rings. The van der Waals surface area contributed by atoms with Gasteiger partial charge in [-0.2, -0.15) is 0 Å². The molecule has 0 spiro atoms. The molecule has 0 saturated carbocycles. The second kappa shape index (κ2) is 6.13. The number of sulfonamides is 1. The fourth-order valence-electron chi connectivity index (χ4n) is 2.21. The third-order valence-electron chi connectivity index (χ3n) is 3.56. The molecule has 6 nitrogen and oxygen atoms in total. The first-order valence-corrected chi connectivity index (χ1v) is 8.22. The Bertz CT molecular complexity index is 609. The zero-order chi connectivity index (χ0) is 15.6. The minimum absolute atomic E-state index is 0.0226. The average Bonchev–Trinajstić information content (AvgIpc) is 2.86. The highest BCUT2D eigenvalue weighted by Gasteiger charge is 2.36. The van der Waals surface area contributed by atoms with E-state index in [1.807, 2.05) is 13.8 Å². The minimum atomic E-state index is -3.75. The molecule has 7 heteroatoms. The van der Waals surface area contributed by atoms with Crippen LogP contribution in [-0.4, -0.2) is 38.7 Å². The van der Waals surface area contributed by atoms with Gasteiger partial charge in [-0.25, -0.2) is 13.1 Å². The quantitative estimate of drug-likeness (QED) is 0.852. The number of nitrogens with one attached hydrogen (secondary N) is 1. The number of rotatable bonds is 5. The van der Waals surface area contributed by atoms with Crippen molar-refractivity contribution in [1.82, 2.24) is 4.72 Å². The van der Waals surface area contributed by atoms with E-state index < -0.39 is 28.0 Å². The molecule has 0 radical (unpaired) electrons. The number of ether oxygens (including phenoxy) is 1. The summed E-state index contributed by atoms with van der Waals surface area (Å²) in [5, 5.41) is 9.03. The van der Waals surface area contributed by atoms with Gasteiger partial charge < -0.3 is 9.84 Å². The van der Waals surface area contributed by atoms with Crippen LogP contribution in [0.2, 0.25) is 0 Å². The predicted molar refractivity (Wildman–Crippen MR) is 76.6 cm³/mol. The fraction of sp³-hybridized carbons (Fsp3) is 0.500. The van der Waals surface area contributed by atoms with Crippen molar-refractivity contribution in [3.63, 3.8) is 0 Å². The van der Waals surface area contributed by atoms with E-state index in [1.54, 1.807) is 12.1 Å². The molecule has 2 unspecified atom stereocenters. The monoisotopic (exact) mass is 313 g/mol. The van der Waals surface area contributed by atoms with Crippen LogP contribution in [0.1, 0.15) is 25.3 Å². The van der Waals surface area contributed by atoms with Crippen LogP contribution in [0.5, 0.6) is 0 Å². The van der Waals surface area contributed by atoms with Crippen molar-refractivity contribution in [3.05, 3.63) is 29.8 Å². The van der Waals surface area contributed by atoms with E-state index in [0.717, 1.165) is 5.56 Å². The molecule has 1 aromatic carbocycles. The van der Waals surface area contributed by atoms with Gasteiger partial charge in [0.25, 0.3) is 0 Å². The van der Waals surface area contributed by atoms with Crippen LogP contribution >= 0.6 is 0 Å². The second-order valence-corrected chi connectivity index (χ2v) is 7.15. The first-order chi connectivity index (χ1) is 9.81. The van der Waals surface area contributed by atoms with E-state index >= 15 is 0 Å². The molecule has 1 heterocycles. The van der Waals surface area contributed by atoms with Gasteiger partial charge in [0, 0.05) is 0 Å². The number of benzene rings is 1. The molecule has 21 heavy (non-hydrogen) atoms. The number of hydrogen-bond donors (Lipinski definition) is 2. The lowest BCUT2D eigenvalue weighted by Crippen LogP contribution is -2.42. The smallest absolute Gasteiger partial charge is 0.310 e. The molecule has 1 fully saturated rings. The second-order valence-electron chi connectivity index (χ2n) is 5.43. The van der Waals surface area contributed by atoms with Gasteiger partial charge in [0.15, 0.2) is 0 Å². The Labute approximate surface area is 124 Å². The standard InChI is InChI=1S/C14H19NO5S/c1-9(2)10-3-5-11(6-4-10)21(18,19)15-13-8-20-7-12(13)14(16)17/h3-6,9,12-13,15H,7-8H2,1-2H3,(H,16,17). The third-order valence-corrected chi connectivity index (χ3v) is 5.07. The van der Waals surface area contributed by atoms with E-state index in [-0.39, 0.29) is 18.1 Å². The van der Waals surface area contributed by atoms with Gasteiger partial charge in [-0.15, -0.1) is 0 Å². The van der Waals surface area contributed by atoms with E-state index in [9.17, 15) is 13.2 Å². The summed E-state index contributed by atoms with van der Waals surface area (Å²) in [7, 11) is -3.75. The van der Waals surface area contributed by atoms with Crippen LogP contribution in [0.4, 0.5) is 0 Å². The van der Waals surface area contributed by atoms with Crippen molar-refractivity contribution in [2.45, 2.75) is 30.7 Å². The first-order valence-electron chi connectivity index (χ1n) is 6.74. The van der Waals surface area contributed by atoms with E-state index in [4.69, 9.17) is 9.84 Å². The molecule has 1 saturated heterocycles. The summed E-state index contributed by atoms with van der Waals surface area (Å²) in [6.45, 7) is 4.14. The zero-order valence-electron chi connectivity index (χ0n) is 11.9. The van der Waals surface area contributed by atoms with Gasteiger partial charge in [-0.3, -0.25) is 4.79 Å². The Morgan fingerprint density at radius 1 is 1.29 bits per heavy atom. The highest BCUT2D eigenvalue weighted by molar-refractivity contribution is 7.89. The molecule has 0 aliphatic carbocycles. The SMILES string of the molecule is CC(C)c1ccc(S(=O)(=O)NC2COCC2C(=O)O)cc1. The lowest BCUT2D eigenvalue weighted by atomic mass is 10.0. The minimum Gasteiger partial charge on any atom is -0.481 e. The summed E-state index contributed by atoms with van der Waals surface area (Å²) >= 11 is 0. The molecule has 116 valence electrons. The number of carboxylic acid groups (broad SMARTS) is 1. The Kier molecular flexibility index (Phi) is 4.65. The lowest BCUT2D eigenvalue weighted by molar-refractivity contribution is -0.142. The Balaban J connectivity index is 2.16.